The minimum atomic E-state index is -0.794. The predicted octanol–water partition coefficient (Wildman–Crippen LogP) is 7.57. The molecule has 1 fully saturated rings. The maximum Gasteiger partial charge on any atom is 0.300 e. The first-order chi connectivity index (χ1) is 19.0. The summed E-state index contributed by atoms with van der Waals surface area (Å²) in [7, 11) is 0. The molecule has 190 valence electrons. The van der Waals surface area contributed by atoms with Crippen molar-refractivity contribution in [3.8, 4) is 11.5 Å². The number of nitrogens with zero attached hydrogens (tertiary/aromatic N) is 1. The Morgan fingerprint density at radius 1 is 0.718 bits per heavy atom. The molecule has 0 bridgehead atoms. The second-order valence-corrected chi connectivity index (χ2v) is 9.55. The van der Waals surface area contributed by atoms with Crippen molar-refractivity contribution >= 4 is 33.9 Å². The van der Waals surface area contributed by atoms with Crippen molar-refractivity contribution in [3.63, 3.8) is 0 Å². The molecule has 0 aliphatic carbocycles. The molecule has 1 amide bonds. The van der Waals surface area contributed by atoms with Gasteiger partial charge in [-0.3, -0.25) is 14.5 Å². The summed E-state index contributed by atoms with van der Waals surface area (Å²) >= 11 is 0. The Bertz CT molecular complexity index is 1740. The fourth-order valence-corrected chi connectivity index (χ4v) is 5.05. The number of fused-ring (bicyclic) bond motifs is 1. The van der Waals surface area contributed by atoms with Crippen molar-refractivity contribution in [3.05, 3.63) is 144 Å². The number of hydrogen-bond donors (Lipinski definition) is 1. The topological polar surface area (TPSA) is 66.8 Å². The average molecular weight is 512 g/mol. The monoisotopic (exact) mass is 511 g/mol. The highest BCUT2D eigenvalue weighted by Gasteiger charge is 2.47. The zero-order chi connectivity index (χ0) is 26.9. The van der Waals surface area contributed by atoms with E-state index in [0.717, 1.165) is 21.9 Å². The third-order valence-electron chi connectivity index (χ3n) is 6.92. The van der Waals surface area contributed by atoms with E-state index in [1.165, 1.54) is 4.90 Å². The zero-order valence-electron chi connectivity index (χ0n) is 21.2. The quantitative estimate of drug-likeness (QED) is 0.150. The summed E-state index contributed by atoms with van der Waals surface area (Å²) in [6.45, 7) is 1.95. The molecule has 1 N–H and O–H groups in total. The van der Waals surface area contributed by atoms with Crippen LogP contribution in [0.25, 0.3) is 16.5 Å². The van der Waals surface area contributed by atoms with Crippen molar-refractivity contribution in [2.45, 2.75) is 13.0 Å². The first-order valence-corrected chi connectivity index (χ1v) is 12.7. The number of ketones is 1. The number of aryl methyl sites for hydroxylation is 1. The number of carbonyl (C=O) groups is 2. The number of aliphatic hydroxyl groups excluding tert-OH is 1. The maximum absolute atomic E-state index is 13.5. The van der Waals surface area contributed by atoms with Crippen LogP contribution in [0.5, 0.6) is 11.5 Å². The highest BCUT2D eigenvalue weighted by atomic mass is 16.5. The normalized spacial score (nSPS) is 16.5. The van der Waals surface area contributed by atoms with E-state index in [2.05, 4.69) is 0 Å². The highest BCUT2D eigenvalue weighted by molar-refractivity contribution is 6.51. The average Bonchev–Trinajstić information content (AvgIpc) is 3.23. The van der Waals surface area contributed by atoms with Crippen molar-refractivity contribution < 1.29 is 19.4 Å². The first kappa shape index (κ1) is 24.2. The highest BCUT2D eigenvalue weighted by Crippen LogP contribution is 2.43. The lowest BCUT2D eigenvalue weighted by Gasteiger charge is -2.26. The molecule has 1 saturated heterocycles. The van der Waals surface area contributed by atoms with Gasteiger partial charge in [-0.05, 0) is 65.7 Å². The molecule has 1 aliphatic rings. The van der Waals surface area contributed by atoms with E-state index in [1.54, 1.807) is 30.3 Å². The van der Waals surface area contributed by atoms with Crippen molar-refractivity contribution in [1.29, 1.82) is 0 Å². The standard InChI is InChI=1S/C34H25NO4/c1-22-8-7-11-25(20-22)31-30(32(36)26-15-14-23-9-5-6-10-24(23)21-26)33(37)34(38)35(31)27-16-18-29(19-17-27)39-28-12-3-2-4-13-28/h2-21,31,36H,1H3/b32-30-. The van der Waals surface area contributed by atoms with Crippen LogP contribution in [0.3, 0.4) is 0 Å². The molecule has 1 aliphatic heterocycles. The number of amides is 1. The van der Waals surface area contributed by atoms with Crippen LogP contribution in [0, 0.1) is 6.92 Å². The summed E-state index contributed by atoms with van der Waals surface area (Å²) in [6.07, 6.45) is 0. The molecule has 0 spiro atoms. The van der Waals surface area contributed by atoms with Gasteiger partial charge in [-0.1, -0.05) is 84.4 Å². The Kier molecular flexibility index (Phi) is 6.17. The van der Waals surface area contributed by atoms with Gasteiger partial charge in [-0.2, -0.15) is 0 Å². The molecule has 1 atom stereocenters. The maximum atomic E-state index is 13.5. The summed E-state index contributed by atoms with van der Waals surface area (Å²) < 4.78 is 5.90. The summed E-state index contributed by atoms with van der Waals surface area (Å²) in [5, 5.41) is 13.4. The van der Waals surface area contributed by atoms with Gasteiger partial charge < -0.3 is 9.84 Å². The molecular formula is C34H25NO4. The van der Waals surface area contributed by atoms with Gasteiger partial charge in [0.1, 0.15) is 17.3 Å². The molecule has 39 heavy (non-hydrogen) atoms. The van der Waals surface area contributed by atoms with Crippen LogP contribution in [0.1, 0.15) is 22.7 Å². The van der Waals surface area contributed by atoms with Crippen LogP contribution in [0.4, 0.5) is 5.69 Å². The molecule has 5 aromatic carbocycles. The van der Waals surface area contributed by atoms with E-state index in [1.807, 2.05) is 97.9 Å². The number of anilines is 1. The summed E-state index contributed by atoms with van der Waals surface area (Å²) in [5.41, 5.74) is 2.79. The Balaban J connectivity index is 1.45. The predicted molar refractivity (Wildman–Crippen MR) is 153 cm³/mol. The second-order valence-electron chi connectivity index (χ2n) is 9.55. The molecule has 5 nitrogen and oxygen atoms in total. The van der Waals surface area contributed by atoms with E-state index in [4.69, 9.17) is 4.74 Å². The number of Topliss-reactive ketones (excluding diaryl/α,β-unsaturated/α-hetero) is 1. The van der Waals surface area contributed by atoms with Gasteiger partial charge in [0.2, 0.25) is 0 Å². The van der Waals surface area contributed by atoms with Crippen molar-refractivity contribution in [2.24, 2.45) is 0 Å². The van der Waals surface area contributed by atoms with Crippen LogP contribution in [0.15, 0.2) is 127 Å². The van der Waals surface area contributed by atoms with Crippen LogP contribution in [0.2, 0.25) is 0 Å². The molecule has 1 heterocycles. The number of para-hydroxylation sites is 1. The molecule has 5 aromatic rings. The van der Waals surface area contributed by atoms with Crippen molar-refractivity contribution in [2.75, 3.05) is 4.90 Å². The fourth-order valence-electron chi connectivity index (χ4n) is 5.05. The zero-order valence-corrected chi connectivity index (χ0v) is 21.2. The number of rotatable bonds is 5. The van der Waals surface area contributed by atoms with Gasteiger partial charge in [0, 0.05) is 11.3 Å². The van der Waals surface area contributed by atoms with E-state index < -0.39 is 17.7 Å². The fraction of sp³-hybridized carbons (Fsp3) is 0.0588. The van der Waals surface area contributed by atoms with Gasteiger partial charge in [-0.15, -0.1) is 0 Å². The van der Waals surface area contributed by atoms with Gasteiger partial charge in [0.15, 0.2) is 0 Å². The Hall–Kier alpha value is -5.16. The minimum absolute atomic E-state index is 0.0606. The number of ether oxygens (including phenoxy) is 1. The summed E-state index contributed by atoms with van der Waals surface area (Å²) in [4.78, 5) is 28.5. The third kappa shape index (κ3) is 4.55. The van der Waals surface area contributed by atoms with E-state index in [-0.39, 0.29) is 11.3 Å². The van der Waals surface area contributed by atoms with Gasteiger partial charge >= 0.3 is 0 Å². The smallest absolute Gasteiger partial charge is 0.300 e. The van der Waals surface area contributed by atoms with Crippen LogP contribution in [-0.4, -0.2) is 16.8 Å². The molecule has 5 heteroatoms. The minimum Gasteiger partial charge on any atom is -0.507 e. The van der Waals surface area contributed by atoms with Gasteiger partial charge in [0.05, 0.1) is 11.6 Å². The Labute approximate surface area is 226 Å². The number of benzene rings is 5. The third-order valence-corrected chi connectivity index (χ3v) is 6.92. The Morgan fingerprint density at radius 3 is 2.15 bits per heavy atom. The van der Waals surface area contributed by atoms with Crippen LogP contribution >= 0.6 is 0 Å². The Morgan fingerprint density at radius 2 is 1.41 bits per heavy atom. The SMILES string of the molecule is Cc1cccc(C2/C(=C(/O)c3ccc4ccccc4c3)C(=O)C(=O)N2c2ccc(Oc3ccccc3)cc2)c1. The largest absolute Gasteiger partial charge is 0.507 e. The van der Waals surface area contributed by atoms with Crippen LogP contribution in [-0.2, 0) is 9.59 Å². The molecule has 0 saturated carbocycles. The second kappa shape index (κ2) is 9.95. The molecule has 1 unspecified atom stereocenters. The van der Waals surface area contributed by atoms with Crippen molar-refractivity contribution in [1.82, 2.24) is 0 Å². The van der Waals surface area contributed by atoms with Gasteiger partial charge in [0.25, 0.3) is 11.7 Å². The lowest BCUT2D eigenvalue weighted by atomic mass is 9.93. The molecular weight excluding hydrogens is 486 g/mol. The van der Waals surface area contributed by atoms with E-state index in [9.17, 15) is 14.7 Å². The lowest BCUT2D eigenvalue weighted by Crippen LogP contribution is -2.29. The molecule has 6 rings (SSSR count). The molecule has 0 radical (unpaired) electrons. The number of hydrogen-bond acceptors (Lipinski definition) is 4. The number of aliphatic hydroxyl groups is 1. The van der Waals surface area contributed by atoms with Gasteiger partial charge in [-0.25, -0.2) is 0 Å². The van der Waals surface area contributed by atoms with E-state index >= 15 is 0 Å². The summed E-state index contributed by atoms with van der Waals surface area (Å²) in [5.74, 6) is -0.319. The molecule has 0 aromatic heterocycles. The van der Waals surface area contributed by atoms with Crippen LogP contribution < -0.4 is 9.64 Å². The number of carbonyl (C=O) groups excluding carboxylic acids is 2. The van der Waals surface area contributed by atoms with E-state index in [0.29, 0.717) is 22.7 Å². The lowest BCUT2D eigenvalue weighted by molar-refractivity contribution is -0.132. The first-order valence-electron chi connectivity index (χ1n) is 12.7. The summed E-state index contributed by atoms with van der Waals surface area (Å²) in [6, 6.07) is 36.6.